The molecular formula is C20H23N5O. The predicted octanol–water partition coefficient (Wildman–Crippen LogP) is 3.11. The van der Waals surface area contributed by atoms with E-state index in [2.05, 4.69) is 9.97 Å². The first-order chi connectivity index (χ1) is 12.6. The van der Waals surface area contributed by atoms with Gasteiger partial charge in [-0.05, 0) is 43.5 Å². The summed E-state index contributed by atoms with van der Waals surface area (Å²) in [6, 6.07) is 7.94. The highest BCUT2D eigenvalue weighted by atomic mass is 16.2. The Labute approximate surface area is 153 Å². The van der Waals surface area contributed by atoms with E-state index in [4.69, 9.17) is 0 Å². The lowest BCUT2D eigenvalue weighted by atomic mass is 10.1. The second-order valence-electron chi connectivity index (χ2n) is 6.94. The molecule has 0 atom stereocenters. The van der Waals surface area contributed by atoms with Gasteiger partial charge in [-0.25, -0.2) is 9.97 Å². The van der Waals surface area contributed by atoms with Crippen molar-refractivity contribution in [2.45, 2.75) is 19.3 Å². The van der Waals surface area contributed by atoms with Crippen LogP contribution in [0.25, 0.3) is 16.7 Å². The highest BCUT2D eigenvalue weighted by Gasteiger charge is 2.19. The third kappa shape index (κ3) is 3.03. The van der Waals surface area contributed by atoms with Gasteiger partial charge < -0.3 is 9.80 Å². The van der Waals surface area contributed by atoms with Crippen molar-refractivity contribution in [3.63, 3.8) is 0 Å². The summed E-state index contributed by atoms with van der Waals surface area (Å²) in [7, 11) is 3.94. The number of pyridine rings is 2. The van der Waals surface area contributed by atoms with Gasteiger partial charge in [-0.3, -0.25) is 9.36 Å². The van der Waals surface area contributed by atoms with Crippen LogP contribution in [0.15, 0.2) is 42.9 Å². The number of carbonyl (C=O) groups is 1. The molecule has 1 saturated heterocycles. The molecule has 3 aromatic heterocycles. The maximum atomic E-state index is 12.7. The van der Waals surface area contributed by atoms with E-state index >= 15 is 0 Å². The van der Waals surface area contributed by atoms with Crippen molar-refractivity contribution >= 4 is 22.8 Å². The van der Waals surface area contributed by atoms with Crippen LogP contribution in [-0.2, 0) is 0 Å². The summed E-state index contributed by atoms with van der Waals surface area (Å²) >= 11 is 0. The third-order valence-corrected chi connectivity index (χ3v) is 4.89. The van der Waals surface area contributed by atoms with Gasteiger partial charge >= 0.3 is 0 Å². The van der Waals surface area contributed by atoms with Crippen molar-refractivity contribution in [3.8, 4) is 5.69 Å². The zero-order chi connectivity index (χ0) is 18.1. The van der Waals surface area contributed by atoms with Crippen LogP contribution in [0, 0.1) is 0 Å². The van der Waals surface area contributed by atoms with Gasteiger partial charge in [-0.1, -0.05) is 0 Å². The fourth-order valence-corrected chi connectivity index (χ4v) is 3.41. The van der Waals surface area contributed by atoms with E-state index in [1.165, 1.54) is 6.42 Å². The predicted molar refractivity (Wildman–Crippen MR) is 103 cm³/mol. The topological polar surface area (TPSA) is 54.3 Å². The first-order valence-electron chi connectivity index (χ1n) is 9.03. The van der Waals surface area contributed by atoms with Crippen molar-refractivity contribution in [1.29, 1.82) is 0 Å². The highest BCUT2D eigenvalue weighted by Crippen LogP contribution is 2.21. The van der Waals surface area contributed by atoms with Crippen LogP contribution < -0.4 is 4.90 Å². The minimum atomic E-state index is 0.0869. The number of fused-ring (bicyclic) bond motifs is 1. The smallest absolute Gasteiger partial charge is 0.255 e. The normalized spacial score (nSPS) is 14.6. The summed E-state index contributed by atoms with van der Waals surface area (Å²) in [5.41, 5.74) is 2.45. The molecule has 1 amide bonds. The molecule has 6 nitrogen and oxygen atoms in total. The Morgan fingerprint density at radius 2 is 1.85 bits per heavy atom. The molecule has 0 unspecified atom stereocenters. The highest BCUT2D eigenvalue weighted by molar-refractivity contribution is 5.97. The first-order valence-corrected chi connectivity index (χ1v) is 9.03. The number of anilines is 1. The minimum absolute atomic E-state index is 0.0869. The number of nitrogens with zero attached hydrogens (tertiary/aromatic N) is 5. The van der Waals surface area contributed by atoms with E-state index in [1.54, 1.807) is 6.20 Å². The number of aromatic nitrogens is 3. The van der Waals surface area contributed by atoms with Gasteiger partial charge in [0.15, 0.2) is 0 Å². The van der Waals surface area contributed by atoms with Crippen LogP contribution in [0.3, 0.4) is 0 Å². The number of piperidine rings is 1. The fourth-order valence-electron chi connectivity index (χ4n) is 3.41. The summed E-state index contributed by atoms with van der Waals surface area (Å²) in [4.78, 5) is 25.6. The molecule has 4 heterocycles. The van der Waals surface area contributed by atoms with Gasteiger partial charge in [0.25, 0.3) is 5.91 Å². The number of hydrogen-bond acceptors (Lipinski definition) is 4. The standard InChI is InChI=1S/C20H23N5O/c1-23(2)18-7-6-17(14-21-18)25-11-8-15-12-16(13-22-19(15)25)20(26)24-9-4-3-5-10-24/h6-8,11-14H,3-5,9-10H2,1-2H3. The van der Waals surface area contributed by atoms with E-state index in [0.29, 0.717) is 5.56 Å². The van der Waals surface area contributed by atoms with Crippen molar-refractivity contribution in [2.24, 2.45) is 0 Å². The minimum Gasteiger partial charge on any atom is -0.363 e. The van der Waals surface area contributed by atoms with Gasteiger partial charge in [0.1, 0.15) is 11.5 Å². The Hall–Kier alpha value is -2.89. The lowest BCUT2D eigenvalue weighted by Gasteiger charge is -2.26. The number of hydrogen-bond donors (Lipinski definition) is 0. The number of rotatable bonds is 3. The molecule has 1 aliphatic heterocycles. The van der Waals surface area contributed by atoms with Gasteiger partial charge in [0.05, 0.1) is 17.4 Å². The molecule has 134 valence electrons. The molecule has 0 saturated carbocycles. The van der Waals surface area contributed by atoms with Crippen LogP contribution in [0.4, 0.5) is 5.82 Å². The number of amides is 1. The van der Waals surface area contributed by atoms with Crippen molar-refractivity contribution in [3.05, 3.63) is 48.4 Å². The van der Waals surface area contributed by atoms with Gasteiger partial charge in [0.2, 0.25) is 0 Å². The van der Waals surface area contributed by atoms with Crippen molar-refractivity contribution in [1.82, 2.24) is 19.4 Å². The van der Waals surface area contributed by atoms with E-state index in [-0.39, 0.29) is 5.91 Å². The molecule has 1 aliphatic rings. The van der Waals surface area contributed by atoms with Crippen LogP contribution in [-0.4, -0.2) is 52.5 Å². The Bertz CT molecular complexity index is 923. The molecule has 1 fully saturated rings. The summed E-state index contributed by atoms with van der Waals surface area (Å²) in [5, 5.41) is 0.963. The summed E-state index contributed by atoms with van der Waals surface area (Å²) in [6.45, 7) is 1.70. The molecule has 0 aliphatic carbocycles. The Balaban J connectivity index is 1.64. The SMILES string of the molecule is CN(C)c1ccc(-n2ccc3cc(C(=O)N4CCCCC4)cnc32)cn1. The summed E-state index contributed by atoms with van der Waals surface area (Å²) < 4.78 is 2.00. The van der Waals surface area contributed by atoms with Crippen molar-refractivity contribution in [2.75, 3.05) is 32.1 Å². The van der Waals surface area contributed by atoms with E-state index in [0.717, 1.165) is 48.5 Å². The molecule has 4 rings (SSSR count). The van der Waals surface area contributed by atoms with Crippen LogP contribution in [0.1, 0.15) is 29.6 Å². The summed E-state index contributed by atoms with van der Waals surface area (Å²) in [6.07, 6.45) is 8.89. The molecular weight excluding hydrogens is 326 g/mol. The Morgan fingerprint density at radius 3 is 2.54 bits per heavy atom. The van der Waals surface area contributed by atoms with Crippen molar-refractivity contribution < 1.29 is 4.79 Å². The van der Waals surface area contributed by atoms with Gasteiger partial charge in [0, 0.05) is 45.0 Å². The van der Waals surface area contributed by atoms with Gasteiger partial charge in [-0.15, -0.1) is 0 Å². The third-order valence-electron chi connectivity index (χ3n) is 4.89. The fraction of sp³-hybridized carbons (Fsp3) is 0.350. The quantitative estimate of drug-likeness (QED) is 0.729. The molecule has 6 heteroatoms. The first kappa shape index (κ1) is 16.6. The molecule has 26 heavy (non-hydrogen) atoms. The monoisotopic (exact) mass is 349 g/mol. The second kappa shape index (κ2) is 6.78. The zero-order valence-electron chi connectivity index (χ0n) is 15.2. The number of carbonyl (C=O) groups excluding carboxylic acids is 1. The summed E-state index contributed by atoms with van der Waals surface area (Å²) in [5.74, 6) is 0.997. The second-order valence-corrected chi connectivity index (χ2v) is 6.94. The lowest BCUT2D eigenvalue weighted by molar-refractivity contribution is 0.0724. The molecule has 0 spiro atoms. The zero-order valence-corrected chi connectivity index (χ0v) is 15.2. The van der Waals surface area contributed by atoms with Crippen LogP contribution in [0.2, 0.25) is 0 Å². The lowest BCUT2D eigenvalue weighted by Crippen LogP contribution is -2.35. The maximum absolute atomic E-state index is 12.7. The number of likely N-dealkylation sites (tertiary alicyclic amines) is 1. The Kier molecular flexibility index (Phi) is 4.32. The molecule has 0 N–H and O–H groups in total. The molecule has 0 radical (unpaired) electrons. The molecule has 3 aromatic rings. The molecule has 0 aromatic carbocycles. The maximum Gasteiger partial charge on any atom is 0.255 e. The van der Waals surface area contributed by atoms with E-state index < -0.39 is 0 Å². The average molecular weight is 349 g/mol. The van der Waals surface area contributed by atoms with E-state index in [9.17, 15) is 4.79 Å². The van der Waals surface area contributed by atoms with Gasteiger partial charge in [-0.2, -0.15) is 0 Å². The average Bonchev–Trinajstić information content (AvgIpc) is 3.11. The largest absolute Gasteiger partial charge is 0.363 e. The van der Waals surface area contributed by atoms with Crippen LogP contribution in [0.5, 0.6) is 0 Å². The van der Waals surface area contributed by atoms with E-state index in [1.807, 2.05) is 65.1 Å². The van der Waals surface area contributed by atoms with Crippen LogP contribution >= 0.6 is 0 Å². The Morgan fingerprint density at radius 1 is 1.04 bits per heavy atom. The molecule has 0 bridgehead atoms.